The third-order valence-electron chi connectivity index (χ3n) is 0. The molecule has 4 heteroatoms. The van der Waals surface area contributed by atoms with Gasteiger partial charge in [0.15, 0.2) is 0 Å². The summed E-state index contributed by atoms with van der Waals surface area (Å²) >= 11 is 0. The van der Waals surface area contributed by atoms with E-state index in [9.17, 15) is 0 Å². The van der Waals surface area contributed by atoms with Crippen molar-refractivity contribution in [2.45, 2.75) is 0 Å². The third kappa shape index (κ3) is 9.22. The molecule has 4 radical (unpaired) electrons. The molecule has 0 aromatic heterocycles. The first kappa shape index (κ1) is 25.1. The van der Waals surface area contributed by atoms with Crippen LogP contribution in [-0.4, -0.2) is 88.7 Å². The van der Waals surface area contributed by atoms with Crippen LogP contribution >= 0.6 is 0 Å². The van der Waals surface area contributed by atoms with Crippen LogP contribution in [0.1, 0.15) is 0 Å². The van der Waals surface area contributed by atoms with E-state index in [0.717, 1.165) is 0 Å². The molecular formula is AgNa3. The van der Waals surface area contributed by atoms with Gasteiger partial charge in [0.25, 0.3) is 0 Å². The van der Waals surface area contributed by atoms with Gasteiger partial charge in [-0.1, -0.05) is 0 Å². The van der Waals surface area contributed by atoms with E-state index >= 15 is 0 Å². The van der Waals surface area contributed by atoms with Crippen molar-refractivity contribution in [1.29, 1.82) is 0 Å². The van der Waals surface area contributed by atoms with Gasteiger partial charge in [-0.2, -0.15) is 0 Å². The molecule has 0 unspecified atom stereocenters. The Morgan fingerprint density at radius 3 is 0.500 bits per heavy atom. The molecule has 0 spiro atoms. The maximum Gasteiger partial charge on any atom is 0 e. The van der Waals surface area contributed by atoms with Gasteiger partial charge in [0.05, 0.1) is 0 Å². The summed E-state index contributed by atoms with van der Waals surface area (Å²) in [6.45, 7) is 0. The van der Waals surface area contributed by atoms with Gasteiger partial charge in [-0.05, 0) is 0 Å². The molecule has 0 N–H and O–H groups in total. The second-order valence-electron chi connectivity index (χ2n) is 0. The van der Waals surface area contributed by atoms with Crippen molar-refractivity contribution in [1.82, 2.24) is 0 Å². The molecule has 0 nitrogen and oxygen atoms in total. The average molecular weight is 177 g/mol. The van der Waals surface area contributed by atoms with Gasteiger partial charge in [-0.25, -0.2) is 0 Å². The number of hydrogen-bond donors (Lipinski definition) is 0. The second-order valence-corrected chi connectivity index (χ2v) is 0. The fraction of sp³-hybridized carbons (Fsp3) is 0. The summed E-state index contributed by atoms with van der Waals surface area (Å²) < 4.78 is 0. The van der Waals surface area contributed by atoms with E-state index in [1.807, 2.05) is 0 Å². The van der Waals surface area contributed by atoms with Crippen molar-refractivity contribution in [3.63, 3.8) is 0 Å². The fourth-order valence-electron chi connectivity index (χ4n) is 0. The summed E-state index contributed by atoms with van der Waals surface area (Å²) in [6.07, 6.45) is 0. The Balaban J connectivity index is 0. The molecule has 0 aliphatic heterocycles. The maximum atomic E-state index is 0. The van der Waals surface area contributed by atoms with Crippen LogP contribution in [0, 0.1) is 0 Å². The molecule has 0 bridgehead atoms. The third-order valence-corrected chi connectivity index (χ3v) is 0. The van der Waals surface area contributed by atoms with Crippen LogP contribution < -0.4 is 0 Å². The Kier molecular flexibility index (Phi) is 99.8. The molecule has 0 saturated carbocycles. The van der Waals surface area contributed by atoms with Crippen LogP contribution in [0.3, 0.4) is 0 Å². The Morgan fingerprint density at radius 2 is 0.500 bits per heavy atom. The van der Waals surface area contributed by atoms with Gasteiger partial charge >= 0.3 is 0 Å². The van der Waals surface area contributed by atoms with Gasteiger partial charge in [-0.3, -0.25) is 0 Å². The first-order valence-electron chi connectivity index (χ1n) is 0. The van der Waals surface area contributed by atoms with Gasteiger partial charge in [0.1, 0.15) is 0 Å². The van der Waals surface area contributed by atoms with Crippen LogP contribution in [0.25, 0.3) is 0 Å². The molecule has 0 aliphatic carbocycles. The molecule has 0 fully saturated rings. The van der Waals surface area contributed by atoms with E-state index in [1.54, 1.807) is 0 Å². The van der Waals surface area contributed by atoms with E-state index in [-0.39, 0.29) is 111 Å². The summed E-state index contributed by atoms with van der Waals surface area (Å²) in [4.78, 5) is 0. The van der Waals surface area contributed by atoms with Gasteiger partial charge in [-0.15, -0.1) is 0 Å². The van der Waals surface area contributed by atoms with Crippen LogP contribution in [-0.2, 0) is 22.4 Å². The first-order valence-corrected chi connectivity index (χ1v) is 0. The minimum Gasteiger partial charge on any atom is 0 e. The molecule has 0 saturated heterocycles. The fourth-order valence-corrected chi connectivity index (χ4v) is 0. The van der Waals surface area contributed by atoms with Crippen molar-refractivity contribution < 1.29 is 22.4 Å². The average Bonchev–Trinajstić information content (AvgIpc) is 0. The zero-order valence-corrected chi connectivity index (χ0v) is 10.8. The Hall–Kier alpha value is 3.74. The molecule has 0 aromatic carbocycles. The Labute approximate surface area is 108 Å². The summed E-state index contributed by atoms with van der Waals surface area (Å²) in [5, 5.41) is 0. The Morgan fingerprint density at radius 1 is 0.500 bits per heavy atom. The SMILES string of the molecule is [Ag].[Na].[Na].[Na]. The van der Waals surface area contributed by atoms with Crippen LogP contribution in [0.15, 0.2) is 0 Å². The molecule has 0 aliphatic rings. The van der Waals surface area contributed by atoms with E-state index in [0.29, 0.717) is 0 Å². The monoisotopic (exact) mass is 176 g/mol. The van der Waals surface area contributed by atoms with Crippen molar-refractivity contribution >= 4 is 88.7 Å². The van der Waals surface area contributed by atoms with Gasteiger partial charge < -0.3 is 0 Å². The van der Waals surface area contributed by atoms with Crippen LogP contribution in [0.4, 0.5) is 0 Å². The summed E-state index contributed by atoms with van der Waals surface area (Å²) in [7, 11) is 0. The first-order chi connectivity index (χ1) is 0. The quantitative estimate of drug-likeness (QED) is 0.410. The van der Waals surface area contributed by atoms with Crippen LogP contribution in [0.5, 0.6) is 0 Å². The van der Waals surface area contributed by atoms with Crippen LogP contribution in [0.2, 0.25) is 0 Å². The molecule has 0 heterocycles. The van der Waals surface area contributed by atoms with E-state index in [1.165, 1.54) is 0 Å². The van der Waals surface area contributed by atoms with Gasteiger partial charge in [0, 0.05) is 111 Å². The Bertz CT molecular complexity index is 3.25. The summed E-state index contributed by atoms with van der Waals surface area (Å²) in [5.41, 5.74) is 0. The molecule has 4 heavy (non-hydrogen) atoms. The normalized spacial score (nSPS) is 0. The predicted molar refractivity (Wildman–Crippen MR) is 17.3 cm³/mol. The van der Waals surface area contributed by atoms with Crippen molar-refractivity contribution in [2.24, 2.45) is 0 Å². The summed E-state index contributed by atoms with van der Waals surface area (Å²) in [5.74, 6) is 0. The minimum absolute atomic E-state index is 0. The summed E-state index contributed by atoms with van der Waals surface area (Å²) in [6, 6.07) is 0. The molecule has 0 aromatic rings. The zero-order chi connectivity index (χ0) is 0. The molecule has 0 amide bonds. The van der Waals surface area contributed by atoms with Crippen molar-refractivity contribution in [3.8, 4) is 0 Å². The maximum absolute atomic E-state index is 0. The van der Waals surface area contributed by atoms with Crippen molar-refractivity contribution in [2.75, 3.05) is 0 Å². The predicted octanol–water partition coefficient (Wildman–Crippen LogP) is -1.14. The van der Waals surface area contributed by atoms with Crippen molar-refractivity contribution in [3.05, 3.63) is 0 Å². The largest absolute Gasteiger partial charge is 0 e. The molecular weight excluding hydrogens is 177 g/mol. The van der Waals surface area contributed by atoms with E-state index < -0.39 is 0 Å². The smallest absolute Gasteiger partial charge is 0 e. The zero-order valence-electron chi connectivity index (χ0n) is 3.30. The van der Waals surface area contributed by atoms with E-state index in [2.05, 4.69) is 0 Å². The second kappa shape index (κ2) is 15.9. The molecule has 14 valence electrons. The number of rotatable bonds is 0. The molecule has 0 rings (SSSR count). The standard InChI is InChI=1S/Ag.3Na. The topological polar surface area (TPSA) is 0 Å². The van der Waals surface area contributed by atoms with E-state index in [4.69, 9.17) is 0 Å². The van der Waals surface area contributed by atoms with Gasteiger partial charge in [0.2, 0.25) is 0 Å². The number of hydrogen-bond acceptors (Lipinski definition) is 0. The molecule has 0 atom stereocenters. The minimum atomic E-state index is 0.